The average molecular weight is 254 g/mol. The molecule has 1 saturated carbocycles. The Morgan fingerprint density at radius 1 is 1.53 bits per heavy atom. The average Bonchev–Trinajstić information content (AvgIpc) is 2.74. The summed E-state index contributed by atoms with van der Waals surface area (Å²) >= 11 is 1.82. The Balaban J connectivity index is 1.76. The van der Waals surface area contributed by atoms with E-state index in [1.165, 1.54) is 9.88 Å². The molecule has 1 aromatic heterocycles. The SMILES string of the molecule is CCOC1CC(NC(C)c2ncc(CC)s2)C1. The third-order valence-corrected chi connectivity index (χ3v) is 4.60. The first-order valence-corrected chi connectivity index (χ1v) is 7.36. The molecule has 0 radical (unpaired) electrons. The lowest BCUT2D eigenvalue weighted by Crippen LogP contribution is -2.46. The molecule has 0 spiro atoms. The summed E-state index contributed by atoms with van der Waals surface area (Å²) < 4.78 is 5.56. The summed E-state index contributed by atoms with van der Waals surface area (Å²) in [5, 5.41) is 4.84. The Morgan fingerprint density at radius 2 is 2.29 bits per heavy atom. The van der Waals surface area contributed by atoms with Crippen molar-refractivity contribution in [2.75, 3.05) is 6.61 Å². The molecule has 0 saturated heterocycles. The number of rotatable bonds is 6. The molecule has 0 amide bonds. The predicted octanol–water partition coefficient (Wildman–Crippen LogP) is 2.92. The van der Waals surface area contributed by atoms with Crippen molar-refractivity contribution in [2.45, 2.75) is 58.2 Å². The lowest BCUT2D eigenvalue weighted by Gasteiger charge is -2.37. The molecule has 1 aromatic rings. The summed E-state index contributed by atoms with van der Waals surface area (Å²) in [6.45, 7) is 7.27. The van der Waals surface area contributed by atoms with E-state index in [0.717, 1.165) is 25.9 Å². The third kappa shape index (κ3) is 3.27. The van der Waals surface area contributed by atoms with Gasteiger partial charge in [-0.1, -0.05) is 6.92 Å². The number of aryl methyl sites for hydroxylation is 1. The molecule has 0 bridgehead atoms. The summed E-state index contributed by atoms with van der Waals surface area (Å²) in [4.78, 5) is 5.85. The van der Waals surface area contributed by atoms with Crippen molar-refractivity contribution in [1.82, 2.24) is 10.3 Å². The van der Waals surface area contributed by atoms with Gasteiger partial charge in [0.2, 0.25) is 0 Å². The Labute approximate surface area is 108 Å². The quantitative estimate of drug-likeness (QED) is 0.847. The first-order chi connectivity index (χ1) is 8.22. The van der Waals surface area contributed by atoms with E-state index in [1.807, 2.05) is 17.5 Å². The van der Waals surface area contributed by atoms with Crippen LogP contribution in [0.15, 0.2) is 6.20 Å². The minimum absolute atomic E-state index is 0.368. The number of thiazole rings is 1. The highest BCUT2D eigenvalue weighted by Gasteiger charge is 2.30. The molecular weight excluding hydrogens is 232 g/mol. The van der Waals surface area contributed by atoms with Crippen LogP contribution in [0.3, 0.4) is 0 Å². The van der Waals surface area contributed by atoms with Crippen LogP contribution in [0.2, 0.25) is 0 Å². The number of ether oxygens (including phenoxy) is 1. The van der Waals surface area contributed by atoms with Crippen molar-refractivity contribution < 1.29 is 4.74 Å². The molecule has 0 aromatic carbocycles. The molecule has 1 atom stereocenters. The minimum Gasteiger partial charge on any atom is -0.378 e. The largest absolute Gasteiger partial charge is 0.378 e. The van der Waals surface area contributed by atoms with Gasteiger partial charge < -0.3 is 10.1 Å². The lowest BCUT2D eigenvalue weighted by molar-refractivity contribution is -0.0120. The highest BCUT2D eigenvalue weighted by atomic mass is 32.1. The van der Waals surface area contributed by atoms with Crippen LogP contribution in [0.5, 0.6) is 0 Å². The minimum atomic E-state index is 0.368. The molecule has 96 valence electrons. The van der Waals surface area contributed by atoms with Gasteiger partial charge in [0.1, 0.15) is 5.01 Å². The van der Waals surface area contributed by atoms with Gasteiger partial charge in [-0.2, -0.15) is 0 Å². The zero-order valence-electron chi connectivity index (χ0n) is 10.9. The van der Waals surface area contributed by atoms with E-state index in [9.17, 15) is 0 Å². The summed E-state index contributed by atoms with van der Waals surface area (Å²) in [5.74, 6) is 0. The second-order valence-corrected chi connectivity index (χ2v) is 5.80. The van der Waals surface area contributed by atoms with E-state index in [4.69, 9.17) is 4.74 Å². The molecular formula is C13H22N2OS. The number of hydrogen-bond acceptors (Lipinski definition) is 4. The Kier molecular flexibility index (Phi) is 4.54. The maximum Gasteiger partial charge on any atom is 0.109 e. The second kappa shape index (κ2) is 5.94. The van der Waals surface area contributed by atoms with Crippen LogP contribution in [-0.2, 0) is 11.2 Å². The molecule has 4 heteroatoms. The van der Waals surface area contributed by atoms with E-state index in [1.54, 1.807) is 0 Å². The van der Waals surface area contributed by atoms with E-state index >= 15 is 0 Å². The van der Waals surface area contributed by atoms with Gasteiger partial charge >= 0.3 is 0 Å². The van der Waals surface area contributed by atoms with Gasteiger partial charge in [0.05, 0.1) is 12.1 Å². The predicted molar refractivity (Wildman–Crippen MR) is 71.5 cm³/mol. The maximum atomic E-state index is 5.56. The Bertz CT molecular complexity index is 347. The van der Waals surface area contributed by atoms with Crippen molar-refractivity contribution >= 4 is 11.3 Å². The van der Waals surface area contributed by atoms with Crippen LogP contribution in [-0.4, -0.2) is 23.7 Å². The van der Waals surface area contributed by atoms with Crippen molar-refractivity contribution in [3.63, 3.8) is 0 Å². The van der Waals surface area contributed by atoms with Crippen molar-refractivity contribution in [3.05, 3.63) is 16.1 Å². The Morgan fingerprint density at radius 3 is 2.88 bits per heavy atom. The molecule has 1 heterocycles. The number of hydrogen-bond donors (Lipinski definition) is 1. The molecule has 1 aliphatic rings. The number of aromatic nitrogens is 1. The van der Waals surface area contributed by atoms with E-state index in [2.05, 4.69) is 31.1 Å². The lowest BCUT2D eigenvalue weighted by atomic mass is 9.88. The molecule has 1 aliphatic carbocycles. The third-order valence-electron chi connectivity index (χ3n) is 3.27. The topological polar surface area (TPSA) is 34.1 Å². The fraction of sp³-hybridized carbons (Fsp3) is 0.769. The fourth-order valence-electron chi connectivity index (χ4n) is 2.18. The van der Waals surface area contributed by atoms with Crippen LogP contribution in [0.4, 0.5) is 0 Å². The van der Waals surface area contributed by atoms with Crippen LogP contribution in [0, 0.1) is 0 Å². The van der Waals surface area contributed by atoms with Crippen molar-refractivity contribution in [1.29, 1.82) is 0 Å². The van der Waals surface area contributed by atoms with E-state index < -0.39 is 0 Å². The summed E-state index contributed by atoms with van der Waals surface area (Å²) in [7, 11) is 0. The summed E-state index contributed by atoms with van der Waals surface area (Å²) in [6, 6.07) is 0.975. The molecule has 17 heavy (non-hydrogen) atoms. The molecule has 1 unspecified atom stereocenters. The standard InChI is InChI=1S/C13H22N2OS/c1-4-12-8-14-13(17-12)9(3)15-10-6-11(7-10)16-5-2/h8-11,15H,4-7H2,1-3H3. The fourth-order valence-corrected chi connectivity index (χ4v) is 3.05. The molecule has 0 aliphatic heterocycles. The van der Waals surface area contributed by atoms with E-state index in [-0.39, 0.29) is 0 Å². The maximum absolute atomic E-state index is 5.56. The number of nitrogens with zero attached hydrogens (tertiary/aromatic N) is 1. The first kappa shape index (κ1) is 13.0. The molecule has 1 N–H and O–H groups in total. The van der Waals surface area contributed by atoms with Gasteiger partial charge in [-0.3, -0.25) is 0 Å². The summed E-state index contributed by atoms with van der Waals surface area (Å²) in [5.41, 5.74) is 0. The zero-order valence-corrected chi connectivity index (χ0v) is 11.7. The van der Waals surface area contributed by atoms with Crippen LogP contribution >= 0.6 is 11.3 Å². The van der Waals surface area contributed by atoms with Gasteiger partial charge in [0, 0.05) is 23.7 Å². The molecule has 1 fully saturated rings. The molecule has 3 nitrogen and oxygen atoms in total. The zero-order chi connectivity index (χ0) is 12.3. The van der Waals surface area contributed by atoms with Crippen molar-refractivity contribution in [3.8, 4) is 0 Å². The summed E-state index contributed by atoms with van der Waals surface area (Å²) in [6.07, 6.45) is 5.85. The Hall–Kier alpha value is -0.450. The van der Waals surface area contributed by atoms with Crippen LogP contribution < -0.4 is 5.32 Å². The monoisotopic (exact) mass is 254 g/mol. The van der Waals surface area contributed by atoms with Gasteiger partial charge in [-0.05, 0) is 33.1 Å². The molecule has 2 rings (SSSR count). The van der Waals surface area contributed by atoms with Crippen LogP contribution in [0.1, 0.15) is 49.5 Å². The normalized spacial score (nSPS) is 25.6. The van der Waals surface area contributed by atoms with Gasteiger partial charge in [-0.15, -0.1) is 11.3 Å². The smallest absolute Gasteiger partial charge is 0.109 e. The number of nitrogens with one attached hydrogen (secondary N) is 1. The highest BCUT2D eigenvalue weighted by molar-refractivity contribution is 7.11. The highest BCUT2D eigenvalue weighted by Crippen LogP contribution is 2.27. The van der Waals surface area contributed by atoms with E-state index in [0.29, 0.717) is 18.2 Å². The van der Waals surface area contributed by atoms with Gasteiger partial charge in [0.15, 0.2) is 0 Å². The van der Waals surface area contributed by atoms with Gasteiger partial charge in [0.25, 0.3) is 0 Å². The van der Waals surface area contributed by atoms with Crippen molar-refractivity contribution in [2.24, 2.45) is 0 Å². The first-order valence-electron chi connectivity index (χ1n) is 6.55. The van der Waals surface area contributed by atoms with Crippen LogP contribution in [0.25, 0.3) is 0 Å². The van der Waals surface area contributed by atoms with Gasteiger partial charge in [-0.25, -0.2) is 4.98 Å². The second-order valence-electron chi connectivity index (χ2n) is 4.65.